The molecule has 1 aliphatic rings. The summed E-state index contributed by atoms with van der Waals surface area (Å²) in [6.45, 7) is 9.25. The third kappa shape index (κ3) is 6.99. The van der Waals surface area contributed by atoms with E-state index in [1.165, 1.54) is 11.1 Å². The Morgan fingerprint density at radius 1 is 1.21 bits per heavy atom. The molecule has 0 aromatic heterocycles. The van der Waals surface area contributed by atoms with Crippen molar-refractivity contribution in [1.29, 1.82) is 0 Å². The molecule has 0 saturated heterocycles. The summed E-state index contributed by atoms with van der Waals surface area (Å²) in [6.07, 6.45) is 6.72. The number of hydrogen-bond donors (Lipinski definition) is 2. The van der Waals surface area contributed by atoms with Crippen molar-refractivity contribution in [2.75, 3.05) is 25.6 Å². The van der Waals surface area contributed by atoms with Gasteiger partial charge >= 0.3 is 6.09 Å². The van der Waals surface area contributed by atoms with Crippen LogP contribution in [0.1, 0.15) is 63.3 Å². The maximum absolute atomic E-state index is 12.3. The standard InChI is InChI=1S/C27H36N2O4/c1-6-7-16-32-25-17-20-14-15-28-23(21(20)18-24(25)31-5)13-12-19-10-8-9-11-22(19)29-26(30)33-27(2,3)4/h8-13,17-18,23,28H,6-7,14-16H2,1-5H3,(H,29,30)/b13-12+. The summed E-state index contributed by atoms with van der Waals surface area (Å²) in [5.41, 5.74) is 3.49. The molecule has 0 fully saturated rings. The van der Waals surface area contributed by atoms with Crippen LogP contribution >= 0.6 is 0 Å². The van der Waals surface area contributed by atoms with Gasteiger partial charge in [0, 0.05) is 6.54 Å². The van der Waals surface area contributed by atoms with Gasteiger partial charge < -0.3 is 19.5 Å². The van der Waals surface area contributed by atoms with Crippen molar-refractivity contribution in [2.24, 2.45) is 0 Å². The van der Waals surface area contributed by atoms with E-state index in [1.807, 2.05) is 51.1 Å². The summed E-state index contributed by atoms with van der Waals surface area (Å²) >= 11 is 0. The largest absolute Gasteiger partial charge is 0.493 e. The second kappa shape index (κ2) is 11.2. The van der Waals surface area contributed by atoms with E-state index in [1.54, 1.807) is 7.11 Å². The van der Waals surface area contributed by atoms with E-state index in [4.69, 9.17) is 14.2 Å². The predicted octanol–water partition coefficient (Wildman–Crippen LogP) is 6.12. The van der Waals surface area contributed by atoms with Gasteiger partial charge in [0.15, 0.2) is 11.5 Å². The minimum Gasteiger partial charge on any atom is -0.493 e. The molecule has 6 nitrogen and oxygen atoms in total. The molecule has 0 aliphatic carbocycles. The van der Waals surface area contributed by atoms with Crippen LogP contribution in [0.4, 0.5) is 10.5 Å². The number of rotatable bonds is 8. The number of nitrogens with one attached hydrogen (secondary N) is 2. The fourth-order valence-electron chi connectivity index (χ4n) is 3.74. The van der Waals surface area contributed by atoms with Crippen LogP contribution < -0.4 is 20.1 Å². The fourth-order valence-corrected chi connectivity index (χ4v) is 3.74. The summed E-state index contributed by atoms with van der Waals surface area (Å²) in [5.74, 6) is 1.56. The summed E-state index contributed by atoms with van der Waals surface area (Å²) in [5, 5.41) is 6.42. The van der Waals surface area contributed by atoms with Gasteiger partial charge in [0.1, 0.15) is 5.60 Å². The molecule has 1 unspecified atom stereocenters. The Morgan fingerprint density at radius 2 is 2.00 bits per heavy atom. The SMILES string of the molecule is CCCCOc1cc2c(cc1OC)C(/C=C/c1ccccc1NC(=O)OC(C)(C)C)NCC2. The molecule has 1 heterocycles. The maximum Gasteiger partial charge on any atom is 0.412 e. The van der Waals surface area contributed by atoms with Crippen molar-refractivity contribution in [3.63, 3.8) is 0 Å². The molecule has 178 valence electrons. The molecule has 0 spiro atoms. The highest BCUT2D eigenvalue weighted by atomic mass is 16.6. The third-order valence-corrected chi connectivity index (χ3v) is 5.34. The minimum absolute atomic E-state index is 0.0296. The fraction of sp³-hybridized carbons (Fsp3) is 0.444. The number of benzene rings is 2. The second-order valence-corrected chi connectivity index (χ2v) is 9.16. The molecular formula is C27H36N2O4. The smallest absolute Gasteiger partial charge is 0.412 e. The molecule has 1 atom stereocenters. The molecule has 0 saturated carbocycles. The number of hydrogen-bond acceptors (Lipinski definition) is 5. The molecular weight excluding hydrogens is 416 g/mol. The van der Waals surface area contributed by atoms with Gasteiger partial charge in [0.2, 0.25) is 0 Å². The molecule has 1 amide bonds. The molecule has 3 rings (SSSR count). The van der Waals surface area contributed by atoms with E-state index in [-0.39, 0.29) is 6.04 Å². The molecule has 6 heteroatoms. The van der Waals surface area contributed by atoms with Crippen molar-refractivity contribution < 1.29 is 19.0 Å². The van der Waals surface area contributed by atoms with E-state index in [0.29, 0.717) is 12.3 Å². The van der Waals surface area contributed by atoms with Crippen LogP contribution in [-0.2, 0) is 11.2 Å². The summed E-state index contributed by atoms with van der Waals surface area (Å²) < 4.78 is 17.0. The van der Waals surface area contributed by atoms with E-state index < -0.39 is 11.7 Å². The zero-order chi connectivity index (χ0) is 23.8. The monoisotopic (exact) mass is 452 g/mol. The number of carbonyl (C=O) groups excluding carboxylic acids is 1. The first-order valence-corrected chi connectivity index (χ1v) is 11.6. The molecule has 0 radical (unpaired) electrons. The first-order chi connectivity index (χ1) is 15.8. The Balaban J connectivity index is 1.80. The van der Waals surface area contributed by atoms with E-state index in [9.17, 15) is 4.79 Å². The van der Waals surface area contributed by atoms with Crippen LogP contribution in [-0.4, -0.2) is 32.0 Å². The first kappa shape index (κ1) is 24.6. The number of fused-ring (bicyclic) bond motifs is 1. The molecule has 33 heavy (non-hydrogen) atoms. The summed E-state index contributed by atoms with van der Waals surface area (Å²) in [6, 6.07) is 11.9. The molecule has 0 bridgehead atoms. The Morgan fingerprint density at radius 3 is 2.73 bits per heavy atom. The third-order valence-electron chi connectivity index (χ3n) is 5.34. The van der Waals surface area contributed by atoms with Crippen molar-refractivity contribution in [3.05, 3.63) is 59.2 Å². The maximum atomic E-state index is 12.3. The number of unbranched alkanes of at least 4 members (excludes halogenated alkanes) is 1. The second-order valence-electron chi connectivity index (χ2n) is 9.16. The van der Waals surface area contributed by atoms with Crippen molar-refractivity contribution >= 4 is 17.9 Å². The number of amides is 1. The lowest BCUT2D eigenvalue weighted by Crippen LogP contribution is -2.28. The summed E-state index contributed by atoms with van der Waals surface area (Å²) in [7, 11) is 1.67. The predicted molar refractivity (Wildman–Crippen MR) is 133 cm³/mol. The van der Waals surface area contributed by atoms with Gasteiger partial charge in [-0.05, 0) is 68.5 Å². The average Bonchev–Trinajstić information content (AvgIpc) is 2.76. The van der Waals surface area contributed by atoms with Gasteiger partial charge in [-0.1, -0.05) is 43.7 Å². The van der Waals surface area contributed by atoms with Gasteiger partial charge in [-0.15, -0.1) is 0 Å². The van der Waals surface area contributed by atoms with E-state index in [0.717, 1.165) is 42.9 Å². The minimum atomic E-state index is -0.553. The average molecular weight is 453 g/mol. The van der Waals surface area contributed by atoms with Crippen LogP contribution in [0, 0.1) is 0 Å². The Hall–Kier alpha value is -2.99. The Kier molecular flexibility index (Phi) is 8.39. The van der Waals surface area contributed by atoms with Crippen molar-refractivity contribution in [2.45, 2.75) is 58.6 Å². The van der Waals surface area contributed by atoms with Crippen LogP contribution in [0.2, 0.25) is 0 Å². The number of anilines is 1. The summed E-state index contributed by atoms with van der Waals surface area (Å²) in [4.78, 5) is 12.3. The Bertz CT molecular complexity index is 979. The van der Waals surface area contributed by atoms with E-state index in [2.05, 4.69) is 35.8 Å². The Labute approximate surface area is 197 Å². The number of carbonyl (C=O) groups is 1. The zero-order valence-corrected chi connectivity index (χ0v) is 20.4. The number of ether oxygens (including phenoxy) is 3. The normalized spacial score (nSPS) is 15.7. The van der Waals surface area contributed by atoms with Gasteiger partial charge in [0.25, 0.3) is 0 Å². The quantitative estimate of drug-likeness (QED) is 0.472. The topological polar surface area (TPSA) is 68.8 Å². The van der Waals surface area contributed by atoms with Gasteiger partial charge in [0.05, 0.1) is 25.4 Å². The molecule has 2 N–H and O–H groups in total. The molecule has 2 aromatic rings. The highest BCUT2D eigenvalue weighted by molar-refractivity contribution is 5.88. The van der Waals surface area contributed by atoms with Crippen molar-refractivity contribution in [3.8, 4) is 11.5 Å². The highest BCUT2D eigenvalue weighted by Crippen LogP contribution is 2.36. The van der Waals surface area contributed by atoms with Crippen LogP contribution in [0.5, 0.6) is 11.5 Å². The first-order valence-electron chi connectivity index (χ1n) is 11.6. The van der Waals surface area contributed by atoms with Gasteiger partial charge in [-0.3, -0.25) is 5.32 Å². The lowest BCUT2D eigenvalue weighted by Gasteiger charge is -2.26. The van der Waals surface area contributed by atoms with Gasteiger partial charge in [-0.2, -0.15) is 0 Å². The van der Waals surface area contributed by atoms with Crippen LogP contribution in [0.15, 0.2) is 42.5 Å². The highest BCUT2D eigenvalue weighted by Gasteiger charge is 2.21. The number of methoxy groups -OCH3 is 1. The lowest BCUT2D eigenvalue weighted by atomic mass is 9.93. The lowest BCUT2D eigenvalue weighted by molar-refractivity contribution is 0.0636. The van der Waals surface area contributed by atoms with Crippen LogP contribution in [0.3, 0.4) is 0 Å². The molecule has 1 aliphatic heterocycles. The zero-order valence-electron chi connectivity index (χ0n) is 20.4. The molecule has 2 aromatic carbocycles. The van der Waals surface area contributed by atoms with Gasteiger partial charge in [-0.25, -0.2) is 4.79 Å². The number of para-hydroxylation sites is 1. The van der Waals surface area contributed by atoms with E-state index >= 15 is 0 Å². The van der Waals surface area contributed by atoms with Crippen LogP contribution in [0.25, 0.3) is 6.08 Å². The van der Waals surface area contributed by atoms with Crippen molar-refractivity contribution in [1.82, 2.24) is 5.32 Å².